The van der Waals surface area contributed by atoms with Gasteiger partial charge in [-0.2, -0.15) is 0 Å². The Hall–Kier alpha value is -1.58. The lowest BCUT2D eigenvalue weighted by Gasteiger charge is -2.32. The smallest absolute Gasteiger partial charge is 0.125 e. The highest BCUT2D eigenvalue weighted by atomic mass is 16.3. The fraction of sp³-hybridized carbons (Fsp3) is 0.412. The predicted molar refractivity (Wildman–Crippen MR) is 80.6 cm³/mol. The molecule has 1 aliphatic rings. The van der Waals surface area contributed by atoms with Crippen LogP contribution in [0.15, 0.2) is 53.1 Å². The lowest BCUT2D eigenvalue weighted by atomic mass is 10.0. The van der Waals surface area contributed by atoms with Gasteiger partial charge in [-0.25, -0.2) is 0 Å². The van der Waals surface area contributed by atoms with Gasteiger partial charge >= 0.3 is 0 Å². The van der Waals surface area contributed by atoms with Crippen molar-refractivity contribution in [2.45, 2.75) is 24.9 Å². The highest BCUT2D eigenvalue weighted by molar-refractivity contribution is 5.27. The third-order valence-electron chi connectivity index (χ3n) is 4.12. The first kappa shape index (κ1) is 13.4. The maximum Gasteiger partial charge on any atom is 0.125 e. The minimum absolute atomic E-state index is 0.229. The molecule has 1 fully saturated rings. The van der Waals surface area contributed by atoms with Crippen LogP contribution in [-0.4, -0.2) is 31.1 Å². The van der Waals surface area contributed by atoms with Gasteiger partial charge in [0.2, 0.25) is 0 Å². The lowest BCUT2D eigenvalue weighted by Crippen LogP contribution is -2.39. The molecule has 3 heteroatoms. The molecule has 0 saturated carbocycles. The number of likely N-dealkylation sites (tertiary alicyclic amines) is 1. The molecule has 1 aromatic carbocycles. The predicted octanol–water partition coefficient (Wildman–Crippen LogP) is 3.05. The van der Waals surface area contributed by atoms with Crippen LogP contribution in [-0.2, 0) is 0 Å². The maximum atomic E-state index is 5.73. The summed E-state index contributed by atoms with van der Waals surface area (Å²) in [6.07, 6.45) is 4.29. The van der Waals surface area contributed by atoms with Gasteiger partial charge in [-0.3, -0.25) is 4.90 Å². The van der Waals surface area contributed by atoms with E-state index in [0.29, 0.717) is 6.04 Å². The van der Waals surface area contributed by atoms with Crippen LogP contribution in [0.1, 0.15) is 30.2 Å². The molecule has 1 aromatic heterocycles. The second-order valence-electron chi connectivity index (χ2n) is 5.42. The normalized spacial score (nSPS) is 21.1. The van der Waals surface area contributed by atoms with Crippen molar-refractivity contribution < 1.29 is 4.42 Å². The molecule has 0 aliphatic carbocycles. The largest absolute Gasteiger partial charge is 0.467 e. The molecule has 1 saturated heterocycles. The van der Waals surface area contributed by atoms with Crippen LogP contribution < -0.4 is 5.32 Å². The molecule has 2 aromatic rings. The molecule has 1 N–H and O–H groups in total. The van der Waals surface area contributed by atoms with Gasteiger partial charge in [0.25, 0.3) is 0 Å². The Morgan fingerprint density at radius 1 is 1.25 bits per heavy atom. The van der Waals surface area contributed by atoms with E-state index >= 15 is 0 Å². The van der Waals surface area contributed by atoms with Crippen LogP contribution in [0.4, 0.5) is 0 Å². The molecule has 0 radical (unpaired) electrons. The zero-order valence-electron chi connectivity index (χ0n) is 12.0. The molecule has 2 heterocycles. The van der Waals surface area contributed by atoms with Gasteiger partial charge in [0.05, 0.1) is 12.3 Å². The Labute approximate surface area is 120 Å². The van der Waals surface area contributed by atoms with E-state index in [1.54, 1.807) is 6.26 Å². The van der Waals surface area contributed by atoms with E-state index in [2.05, 4.69) is 46.6 Å². The molecule has 106 valence electrons. The molecule has 3 nitrogen and oxygen atoms in total. The molecular weight excluding hydrogens is 248 g/mol. The second-order valence-corrected chi connectivity index (χ2v) is 5.42. The Bertz CT molecular complexity index is 509. The Morgan fingerprint density at radius 2 is 2.10 bits per heavy atom. The molecule has 1 aliphatic heterocycles. The number of nitrogens with zero attached hydrogens (tertiary/aromatic N) is 1. The summed E-state index contributed by atoms with van der Waals surface area (Å²) in [5.74, 6) is 1.04. The van der Waals surface area contributed by atoms with E-state index in [-0.39, 0.29) is 6.04 Å². The summed E-state index contributed by atoms with van der Waals surface area (Å²) in [7, 11) is 2.03. The van der Waals surface area contributed by atoms with E-state index in [0.717, 1.165) is 18.8 Å². The fourth-order valence-electron chi connectivity index (χ4n) is 3.25. The summed E-state index contributed by atoms with van der Waals surface area (Å²) >= 11 is 0. The van der Waals surface area contributed by atoms with E-state index in [1.807, 2.05) is 13.1 Å². The minimum Gasteiger partial charge on any atom is -0.467 e. The zero-order chi connectivity index (χ0) is 13.8. The van der Waals surface area contributed by atoms with Crippen LogP contribution in [0, 0.1) is 0 Å². The van der Waals surface area contributed by atoms with Gasteiger partial charge in [0, 0.05) is 12.6 Å². The maximum absolute atomic E-state index is 5.73. The van der Waals surface area contributed by atoms with Crippen molar-refractivity contribution >= 4 is 0 Å². The average Bonchev–Trinajstić information content (AvgIpc) is 3.14. The van der Waals surface area contributed by atoms with E-state index < -0.39 is 0 Å². The molecule has 0 spiro atoms. The SMILES string of the molecule is CNCC1CCCN1C(c1ccccc1)c1ccco1. The molecular formula is C17H22N2O. The Kier molecular flexibility index (Phi) is 4.19. The molecule has 2 unspecified atom stereocenters. The summed E-state index contributed by atoms with van der Waals surface area (Å²) in [6, 6.07) is 15.5. The summed E-state index contributed by atoms with van der Waals surface area (Å²) in [5.41, 5.74) is 1.31. The van der Waals surface area contributed by atoms with Gasteiger partial charge in [-0.1, -0.05) is 30.3 Å². The van der Waals surface area contributed by atoms with Crippen LogP contribution in [0.25, 0.3) is 0 Å². The van der Waals surface area contributed by atoms with Crippen molar-refractivity contribution in [3.05, 3.63) is 60.1 Å². The Balaban J connectivity index is 1.94. The van der Waals surface area contributed by atoms with Gasteiger partial charge in [-0.15, -0.1) is 0 Å². The van der Waals surface area contributed by atoms with E-state index in [9.17, 15) is 0 Å². The zero-order valence-corrected chi connectivity index (χ0v) is 12.0. The second kappa shape index (κ2) is 6.25. The number of furan rings is 1. The number of hydrogen-bond acceptors (Lipinski definition) is 3. The van der Waals surface area contributed by atoms with E-state index in [1.165, 1.54) is 18.4 Å². The first-order valence-corrected chi connectivity index (χ1v) is 7.39. The topological polar surface area (TPSA) is 28.4 Å². The molecule has 2 atom stereocenters. The van der Waals surface area contributed by atoms with Gasteiger partial charge < -0.3 is 9.73 Å². The molecule has 20 heavy (non-hydrogen) atoms. The van der Waals surface area contributed by atoms with Crippen LogP contribution in [0.2, 0.25) is 0 Å². The average molecular weight is 270 g/mol. The summed E-state index contributed by atoms with van der Waals surface area (Å²) in [6.45, 7) is 2.16. The minimum atomic E-state index is 0.229. The van der Waals surface area contributed by atoms with Gasteiger partial charge in [-0.05, 0) is 44.1 Å². The van der Waals surface area contributed by atoms with E-state index in [4.69, 9.17) is 4.42 Å². The first-order valence-electron chi connectivity index (χ1n) is 7.39. The third-order valence-corrected chi connectivity index (χ3v) is 4.12. The summed E-state index contributed by atoms with van der Waals surface area (Å²) in [5, 5.41) is 3.32. The number of nitrogens with one attached hydrogen (secondary N) is 1. The van der Waals surface area contributed by atoms with Crippen molar-refractivity contribution in [1.29, 1.82) is 0 Å². The molecule has 0 amide bonds. The van der Waals surface area contributed by atoms with Crippen LogP contribution >= 0.6 is 0 Å². The Morgan fingerprint density at radius 3 is 2.80 bits per heavy atom. The van der Waals surface area contributed by atoms with Crippen molar-refractivity contribution in [3.63, 3.8) is 0 Å². The first-order chi connectivity index (χ1) is 9.90. The number of likely N-dealkylation sites (N-methyl/N-ethyl adjacent to an activating group) is 1. The summed E-state index contributed by atoms with van der Waals surface area (Å²) < 4.78 is 5.73. The molecule has 3 rings (SSSR count). The highest BCUT2D eigenvalue weighted by Crippen LogP contribution is 2.34. The van der Waals surface area contributed by atoms with Crippen molar-refractivity contribution in [2.75, 3.05) is 20.1 Å². The van der Waals surface area contributed by atoms with Crippen LogP contribution in [0.3, 0.4) is 0 Å². The van der Waals surface area contributed by atoms with Crippen LogP contribution in [0.5, 0.6) is 0 Å². The third kappa shape index (κ3) is 2.65. The number of benzene rings is 1. The van der Waals surface area contributed by atoms with Crippen molar-refractivity contribution in [2.24, 2.45) is 0 Å². The highest BCUT2D eigenvalue weighted by Gasteiger charge is 2.33. The van der Waals surface area contributed by atoms with Crippen molar-refractivity contribution in [3.8, 4) is 0 Å². The molecule has 0 bridgehead atoms. The van der Waals surface area contributed by atoms with Crippen molar-refractivity contribution in [1.82, 2.24) is 10.2 Å². The van der Waals surface area contributed by atoms with Gasteiger partial charge in [0.1, 0.15) is 5.76 Å². The van der Waals surface area contributed by atoms with Gasteiger partial charge in [0.15, 0.2) is 0 Å². The lowest BCUT2D eigenvalue weighted by molar-refractivity contribution is 0.185. The fourth-order valence-corrected chi connectivity index (χ4v) is 3.25. The standard InChI is InChI=1S/C17H22N2O/c1-18-13-15-9-5-11-19(15)17(16-10-6-12-20-16)14-7-3-2-4-8-14/h2-4,6-8,10,12,15,17-18H,5,9,11,13H2,1H3. The quantitative estimate of drug-likeness (QED) is 0.905. The number of hydrogen-bond donors (Lipinski definition) is 1. The summed E-state index contributed by atoms with van der Waals surface area (Å²) in [4.78, 5) is 2.57. The number of rotatable bonds is 5. The monoisotopic (exact) mass is 270 g/mol.